The molecule has 0 aliphatic rings. The fourth-order valence-electron chi connectivity index (χ4n) is 1.99. The fourth-order valence-corrected chi connectivity index (χ4v) is 1.99. The standard InChI is InChI=1S/C15H15F7O3/c1-3-25-12(23)10-6-4-5-9(7-10)11(24-2)8-13(16,17)14(18,19)15(20,21)22/h4-7,11H,3,8H2,1-2H3. The molecule has 1 rings (SSSR count). The van der Waals surface area contributed by atoms with Crippen molar-refractivity contribution in [1.29, 1.82) is 0 Å². The topological polar surface area (TPSA) is 35.5 Å². The summed E-state index contributed by atoms with van der Waals surface area (Å²) >= 11 is 0. The molecule has 0 spiro atoms. The highest BCUT2D eigenvalue weighted by Crippen LogP contribution is 2.50. The van der Waals surface area contributed by atoms with Crippen LogP contribution in [0.25, 0.3) is 0 Å². The van der Waals surface area contributed by atoms with E-state index < -0.39 is 36.5 Å². The summed E-state index contributed by atoms with van der Waals surface area (Å²) in [4.78, 5) is 11.6. The van der Waals surface area contributed by atoms with Gasteiger partial charge in [0.25, 0.3) is 0 Å². The summed E-state index contributed by atoms with van der Waals surface area (Å²) in [5, 5.41) is 0. The lowest BCUT2D eigenvalue weighted by Crippen LogP contribution is -2.52. The molecule has 0 aromatic heterocycles. The zero-order chi connectivity index (χ0) is 19.5. The number of hydrogen-bond acceptors (Lipinski definition) is 3. The van der Waals surface area contributed by atoms with Crippen molar-refractivity contribution in [1.82, 2.24) is 0 Å². The lowest BCUT2D eigenvalue weighted by Gasteiger charge is -2.30. The maximum Gasteiger partial charge on any atom is 0.459 e. The Balaban J connectivity index is 3.11. The van der Waals surface area contributed by atoms with Gasteiger partial charge in [0.15, 0.2) is 0 Å². The summed E-state index contributed by atoms with van der Waals surface area (Å²) in [5.41, 5.74) is -0.238. The molecule has 10 heteroatoms. The van der Waals surface area contributed by atoms with Gasteiger partial charge in [-0.1, -0.05) is 12.1 Å². The molecule has 0 aliphatic carbocycles. The summed E-state index contributed by atoms with van der Waals surface area (Å²) in [7, 11) is 0.878. The molecule has 0 N–H and O–H groups in total. The van der Waals surface area contributed by atoms with Crippen molar-refractivity contribution in [3.63, 3.8) is 0 Å². The highest BCUT2D eigenvalue weighted by molar-refractivity contribution is 5.89. The largest absolute Gasteiger partial charge is 0.462 e. The second kappa shape index (κ2) is 7.59. The minimum absolute atomic E-state index is 0.0344. The number of ether oxygens (including phenoxy) is 2. The van der Waals surface area contributed by atoms with Crippen molar-refractivity contribution >= 4 is 5.97 Å². The summed E-state index contributed by atoms with van der Waals surface area (Å²) in [5.74, 6) is -12.4. The van der Waals surface area contributed by atoms with Crippen LogP contribution < -0.4 is 0 Å². The first kappa shape index (κ1) is 21.2. The molecule has 3 nitrogen and oxygen atoms in total. The molecule has 142 valence electrons. The Morgan fingerprint density at radius 3 is 2.20 bits per heavy atom. The number of esters is 1. The SMILES string of the molecule is CCOC(=O)c1cccc(C(CC(F)(F)C(F)(F)C(F)(F)F)OC)c1. The zero-order valence-electron chi connectivity index (χ0n) is 13.2. The Labute approximate surface area is 138 Å². The zero-order valence-corrected chi connectivity index (χ0v) is 13.2. The van der Waals surface area contributed by atoms with E-state index in [0.29, 0.717) is 0 Å². The van der Waals surface area contributed by atoms with E-state index >= 15 is 0 Å². The number of halogens is 7. The van der Waals surface area contributed by atoms with E-state index in [-0.39, 0.29) is 17.7 Å². The van der Waals surface area contributed by atoms with Gasteiger partial charge in [-0.15, -0.1) is 0 Å². The van der Waals surface area contributed by atoms with Gasteiger partial charge in [0, 0.05) is 13.5 Å². The quantitative estimate of drug-likeness (QED) is 0.508. The van der Waals surface area contributed by atoms with E-state index in [9.17, 15) is 35.5 Å². The summed E-state index contributed by atoms with van der Waals surface area (Å²) in [6.45, 7) is 1.56. The molecule has 0 saturated carbocycles. The molecule has 1 aromatic carbocycles. The molecule has 1 atom stereocenters. The van der Waals surface area contributed by atoms with Crippen LogP contribution in [0.4, 0.5) is 30.7 Å². The number of benzene rings is 1. The average molecular weight is 376 g/mol. The summed E-state index contributed by atoms with van der Waals surface area (Å²) in [6, 6.07) is 4.72. The molecule has 0 saturated heterocycles. The van der Waals surface area contributed by atoms with Crippen LogP contribution in [-0.4, -0.2) is 37.7 Å². The third-order valence-electron chi connectivity index (χ3n) is 3.31. The molecule has 0 bridgehead atoms. The fraction of sp³-hybridized carbons (Fsp3) is 0.533. The Morgan fingerprint density at radius 2 is 1.72 bits per heavy atom. The minimum atomic E-state index is -6.42. The lowest BCUT2D eigenvalue weighted by atomic mass is 9.97. The van der Waals surface area contributed by atoms with E-state index in [2.05, 4.69) is 4.74 Å². The number of carbonyl (C=O) groups is 1. The monoisotopic (exact) mass is 376 g/mol. The lowest BCUT2D eigenvalue weighted by molar-refractivity contribution is -0.358. The highest BCUT2D eigenvalue weighted by Gasteiger charge is 2.73. The van der Waals surface area contributed by atoms with Crippen molar-refractivity contribution in [2.75, 3.05) is 13.7 Å². The van der Waals surface area contributed by atoms with Crippen molar-refractivity contribution in [3.05, 3.63) is 35.4 Å². The van der Waals surface area contributed by atoms with Gasteiger partial charge >= 0.3 is 24.0 Å². The van der Waals surface area contributed by atoms with Crippen LogP contribution in [0.1, 0.15) is 35.4 Å². The van der Waals surface area contributed by atoms with Gasteiger partial charge < -0.3 is 9.47 Å². The van der Waals surface area contributed by atoms with E-state index in [1.807, 2.05) is 0 Å². The third-order valence-corrected chi connectivity index (χ3v) is 3.31. The van der Waals surface area contributed by atoms with Crippen molar-refractivity contribution in [2.24, 2.45) is 0 Å². The predicted octanol–water partition coefficient (Wildman–Crippen LogP) is 4.77. The summed E-state index contributed by atoms with van der Waals surface area (Å²) in [6.07, 6.45) is -10.1. The van der Waals surface area contributed by atoms with Crippen molar-refractivity contribution < 1.29 is 45.0 Å². The normalized spacial score (nSPS) is 14.3. The van der Waals surface area contributed by atoms with E-state index in [1.165, 1.54) is 25.1 Å². The predicted molar refractivity (Wildman–Crippen MR) is 72.7 cm³/mol. The van der Waals surface area contributed by atoms with Gasteiger partial charge in [-0.25, -0.2) is 4.79 Å². The molecule has 25 heavy (non-hydrogen) atoms. The first-order chi connectivity index (χ1) is 11.4. The van der Waals surface area contributed by atoms with Gasteiger partial charge in [-0.05, 0) is 24.6 Å². The smallest absolute Gasteiger partial charge is 0.459 e. The molecule has 0 radical (unpaired) electrons. The number of methoxy groups -OCH3 is 1. The van der Waals surface area contributed by atoms with Crippen LogP contribution in [0.3, 0.4) is 0 Å². The molecular formula is C15H15F7O3. The number of alkyl halides is 7. The second-order valence-electron chi connectivity index (χ2n) is 5.05. The Morgan fingerprint density at radius 1 is 1.12 bits per heavy atom. The maximum absolute atomic E-state index is 13.6. The number of rotatable bonds is 7. The van der Waals surface area contributed by atoms with Gasteiger partial charge in [0.2, 0.25) is 0 Å². The van der Waals surface area contributed by atoms with Gasteiger partial charge in [-0.3, -0.25) is 0 Å². The van der Waals surface area contributed by atoms with E-state index in [1.54, 1.807) is 0 Å². The maximum atomic E-state index is 13.6. The second-order valence-corrected chi connectivity index (χ2v) is 5.05. The van der Waals surface area contributed by atoms with Crippen LogP contribution in [-0.2, 0) is 9.47 Å². The molecule has 1 unspecified atom stereocenters. The van der Waals surface area contributed by atoms with Crippen LogP contribution in [0, 0.1) is 0 Å². The average Bonchev–Trinajstić information content (AvgIpc) is 2.51. The highest BCUT2D eigenvalue weighted by atomic mass is 19.4. The van der Waals surface area contributed by atoms with E-state index in [0.717, 1.165) is 13.2 Å². The van der Waals surface area contributed by atoms with Crippen LogP contribution >= 0.6 is 0 Å². The van der Waals surface area contributed by atoms with Gasteiger partial charge in [0.05, 0.1) is 18.3 Å². The minimum Gasteiger partial charge on any atom is -0.462 e. The molecule has 0 aliphatic heterocycles. The van der Waals surface area contributed by atoms with E-state index in [4.69, 9.17) is 4.74 Å². The third kappa shape index (κ3) is 4.62. The molecule has 0 amide bonds. The molecular weight excluding hydrogens is 361 g/mol. The van der Waals surface area contributed by atoms with Gasteiger partial charge in [0.1, 0.15) is 0 Å². The first-order valence-corrected chi connectivity index (χ1v) is 6.99. The Kier molecular flexibility index (Phi) is 6.44. The molecule has 0 heterocycles. The molecule has 1 aromatic rings. The van der Waals surface area contributed by atoms with Crippen LogP contribution in [0.5, 0.6) is 0 Å². The number of carbonyl (C=O) groups excluding carboxylic acids is 1. The Bertz CT molecular complexity index is 599. The van der Waals surface area contributed by atoms with Crippen LogP contribution in [0.2, 0.25) is 0 Å². The first-order valence-electron chi connectivity index (χ1n) is 6.99. The molecule has 0 fully saturated rings. The van der Waals surface area contributed by atoms with Crippen molar-refractivity contribution in [2.45, 2.75) is 37.5 Å². The summed E-state index contributed by atoms with van der Waals surface area (Å²) < 4.78 is 99.1. The van der Waals surface area contributed by atoms with Gasteiger partial charge in [-0.2, -0.15) is 30.7 Å². The van der Waals surface area contributed by atoms with Crippen molar-refractivity contribution in [3.8, 4) is 0 Å². The van der Waals surface area contributed by atoms with Crippen LogP contribution in [0.15, 0.2) is 24.3 Å². The Hall–Kier alpha value is -1.84. The number of hydrogen-bond donors (Lipinski definition) is 0.